The molecule has 13 nitrogen and oxygen atoms in total. The highest BCUT2D eigenvalue weighted by molar-refractivity contribution is 6.30. The highest BCUT2D eigenvalue weighted by Crippen LogP contribution is 2.25. The molecule has 1 aliphatic heterocycles. The van der Waals surface area contributed by atoms with Gasteiger partial charge in [0.2, 0.25) is 17.7 Å². The van der Waals surface area contributed by atoms with Crippen molar-refractivity contribution in [1.82, 2.24) is 41.2 Å². The number of amides is 4. The fourth-order valence-electron chi connectivity index (χ4n) is 5.19. The summed E-state index contributed by atoms with van der Waals surface area (Å²) in [5.41, 5.74) is 2.43. The van der Waals surface area contributed by atoms with Crippen LogP contribution in [0.3, 0.4) is 0 Å². The van der Waals surface area contributed by atoms with E-state index < -0.39 is 41.8 Å². The van der Waals surface area contributed by atoms with Gasteiger partial charge in [0.05, 0.1) is 24.9 Å². The predicted octanol–water partition coefficient (Wildman–Crippen LogP) is 2.50. The summed E-state index contributed by atoms with van der Waals surface area (Å²) in [5, 5.41) is 20.6. The Morgan fingerprint density at radius 2 is 1.83 bits per heavy atom. The highest BCUT2D eigenvalue weighted by Gasteiger charge is 2.31. The van der Waals surface area contributed by atoms with Crippen LogP contribution in [0, 0.1) is 5.92 Å². The van der Waals surface area contributed by atoms with Crippen molar-refractivity contribution in [2.24, 2.45) is 5.92 Å². The minimum atomic E-state index is -1.07. The molecule has 2 bridgehead atoms. The number of rotatable bonds is 3. The van der Waals surface area contributed by atoms with Crippen LogP contribution >= 0.6 is 11.6 Å². The standard InChI is InChI=1S/C32H37ClN8O5/c1-18(2)28-32(45)36-19(3)29(42)35-16-22-17-41(40-39-22)11-6-12-46-27-14-21(33)9-10-24(27)30(43)37-26(31(44)38-28)13-20-15-34-25-8-5-4-7-23(20)25/h4-5,7-10,14-15,17-19,26,28,34H,6,11-13,16H2,1-3H3,(H,35,42)(H,36,45)(H,37,43)(H,38,44)/t19-,26-,28+/m1/s1. The van der Waals surface area contributed by atoms with Crippen LogP contribution < -0.4 is 26.0 Å². The topological polar surface area (TPSA) is 172 Å². The van der Waals surface area contributed by atoms with Gasteiger partial charge < -0.3 is 31.0 Å². The van der Waals surface area contributed by atoms with E-state index >= 15 is 0 Å². The third-order valence-electron chi connectivity index (χ3n) is 7.73. The number of H-pyrrole nitrogens is 1. The van der Waals surface area contributed by atoms with Crippen LogP contribution in [0.25, 0.3) is 10.9 Å². The number of para-hydroxylation sites is 1. The van der Waals surface area contributed by atoms with E-state index in [1.165, 1.54) is 0 Å². The van der Waals surface area contributed by atoms with Crippen LogP contribution in [-0.2, 0) is 33.9 Å². The maximum Gasteiger partial charge on any atom is 0.255 e. The van der Waals surface area contributed by atoms with Crippen molar-refractivity contribution >= 4 is 46.1 Å². The molecule has 2 aromatic carbocycles. The Bertz CT molecular complexity index is 1730. The summed E-state index contributed by atoms with van der Waals surface area (Å²) in [6, 6.07) is 9.36. The number of halogens is 1. The molecule has 0 saturated heterocycles. The van der Waals surface area contributed by atoms with Crippen LogP contribution in [-0.4, -0.2) is 68.3 Å². The summed E-state index contributed by atoms with van der Waals surface area (Å²) in [6.07, 6.45) is 4.18. The summed E-state index contributed by atoms with van der Waals surface area (Å²) < 4.78 is 7.61. The molecular weight excluding hydrogens is 612 g/mol. The molecule has 0 unspecified atom stereocenters. The average Bonchev–Trinajstić information content (AvgIpc) is 3.66. The number of fused-ring (bicyclic) bond motifs is 4. The second-order valence-corrected chi connectivity index (χ2v) is 12.0. The lowest BCUT2D eigenvalue weighted by Crippen LogP contribution is -2.58. The van der Waals surface area contributed by atoms with Crippen molar-refractivity contribution in [2.75, 3.05) is 6.61 Å². The Kier molecular flexibility index (Phi) is 10.2. The normalized spacial score (nSPS) is 20.5. The highest BCUT2D eigenvalue weighted by atomic mass is 35.5. The van der Waals surface area contributed by atoms with E-state index in [1.807, 2.05) is 24.3 Å². The maximum absolute atomic E-state index is 13.9. The maximum atomic E-state index is 13.9. The number of carbonyl (C=O) groups is 4. The molecule has 1 aliphatic rings. The van der Waals surface area contributed by atoms with Crippen molar-refractivity contribution in [2.45, 2.75) is 64.8 Å². The van der Waals surface area contributed by atoms with Crippen molar-refractivity contribution in [3.8, 4) is 5.75 Å². The van der Waals surface area contributed by atoms with Crippen LogP contribution in [0.2, 0.25) is 5.02 Å². The number of ether oxygens (including phenoxy) is 1. The molecule has 2 aromatic heterocycles. The molecule has 5 N–H and O–H groups in total. The molecule has 242 valence electrons. The van der Waals surface area contributed by atoms with E-state index in [-0.39, 0.29) is 36.8 Å². The van der Waals surface area contributed by atoms with Crippen LogP contribution in [0.1, 0.15) is 48.8 Å². The molecule has 0 fully saturated rings. The van der Waals surface area contributed by atoms with Crippen molar-refractivity contribution in [3.05, 3.63) is 76.7 Å². The Morgan fingerprint density at radius 1 is 1.02 bits per heavy atom. The van der Waals surface area contributed by atoms with Gasteiger partial charge >= 0.3 is 0 Å². The summed E-state index contributed by atoms with van der Waals surface area (Å²) in [7, 11) is 0. The smallest absolute Gasteiger partial charge is 0.255 e. The lowest BCUT2D eigenvalue weighted by atomic mass is 10.00. The van der Waals surface area contributed by atoms with Gasteiger partial charge in [0.25, 0.3) is 5.91 Å². The van der Waals surface area contributed by atoms with E-state index in [2.05, 4.69) is 36.6 Å². The van der Waals surface area contributed by atoms with Gasteiger partial charge in [-0.05, 0) is 42.7 Å². The van der Waals surface area contributed by atoms with Crippen LogP contribution in [0.5, 0.6) is 5.75 Å². The number of aromatic nitrogens is 4. The Morgan fingerprint density at radius 3 is 2.63 bits per heavy atom. The van der Waals surface area contributed by atoms with Crippen molar-refractivity contribution in [1.29, 1.82) is 0 Å². The number of nitrogens with zero attached hydrogens (tertiary/aromatic N) is 3. The quantitative estimate of drug-likeness (QED) is 0.227. The average molecular weight is 649 g/mol. The summed E-state index contributed by atoms with van der Waals surface area (Å²) >= 11 is 6.26. The first kappa shape index (κ1) is 32.5. The number of hydrogen-bond acceptors (Lipinski definition) is 7. The van der Waals surface area contributed by atoms with Crippen LogP contribution in [0.4, 0.5) is 0 Å². The number of hydrogen-bond donors (Lipinski definition) is 5. The molecule has 0 radical (unpaired) electrons. The van der Waals surface area contributed by atoms with E-state index in [0.717, 1.165) is 16.5 Å². The molecule has 0 spiro atoms. The zero-order valence-electron chi connectivity index (χ0n) is 25.8. The minimum absolute atomic E-state index is 0.120. The first-order valence-electron chi connectivity index (χ1n) is 15.1. The third-order valence-corrected chi connectivity index (χ3v) is 7.96. The molecule has 4 aromatic rings. The molecule has 4 amide bonds. The van der Waals surface area contributed by atoms with E-state index in [1.54, 1.807) is 56.0 Å². The first-order chi connectivity index (χ1) is 22.1. The fourth-order valence-corrected chi connectivity index (χ4v) is 5.36. The zero-order valence-corrected chi connectivity index (χ0v) is 26.6. The summed E-state index contributed by atoms with van der Waals surface area (Å²) in [6.45, 7) is 5.96. The fraction of sp³-hybridized carbons (Fsp3) is 0.375. The third kappa shape index (κ3) is 7.83. The van der Waals surface area contributed by atoms with Gasteiger partial charge in [-0.15, -0.1) is 5.10 Å². The van der Waals surface area contributed by atoms with Gasteiger partial charge in [0.1, 0.15) is 29.6 Å². The van der Waals surface area contributed by atoms with Crippen molar-refractivity contribution in [3.63, 3.8) is 0 Å². The van der Waals surface area contributed by atoms with Gasteiger partial charge in [0, 0.05) is 41.5 Å². The Hall–Kier alpha value is -4.91. The largest absolute Gasteiger partial charge is 0.493 e. The molecule has 3 atom stereocenters. The minimum Gasteiger partial charge on any atom is -0.493 e. The number of carbonyl (C=O) groups excluding carboxylic acids is 4. The molecular formula is C32H37ClN8O5. The number of benzene rings is 2. The SMILES string of the molecule is CC(C)[C@@H]1NC(=O)[C@@H](Cc2c[nH]c3ccccc23)NC(=O)c2ccc(Cl)cc2OCCCn2cc(nn2)CNC(=O)[C@@H](C)NC1=O. The van der Waals surface area contributed by atoms with Gasteiger partial charge in [-0.25, -0.2) is 0 Å². The Labute approximate surface area is 270 Å². The van der Waals surface area contributed by atoms with E-state index in [9.17, 15) is 19.2 Å². The lowest BCUT2D eigenvalue weighted by Gasteiger charge is -2.26. The molecule has 0 saturated carbocycles. The second-order valence-electron chi connectivity index (χ2n) is 11.6. The number of aryl methyl sites for hydroxylation is 1. The van der Waals surface area contributed by atoms with Crippen molar-refractivity contribution < 1.29 is 23.9 Å². The summed E-state index contributed by atoms with van der Waals surface area (Å²) in [5.74, 6) is -2.14. The molecule has 46 heavy (non-hydrogen) atoms. The van der Waals surface area contributed by atoms with E-state index in [4.69, 9.17) is 16.3 Å². The zero-order chi connectivity index (χ0) is 32.8. The van der Waals surface area contributed by atoms with Crippen LogP contribution in [0.15, 0.2) is 54.9 Å². The molecule has 14 heteroatoms. The second kappa shape index (κ2) is 14.5. The molecule has 5 rings (SSSR count). The van der Waals surface area contributed by atoms with Gasteiger partial charge in [-0.1, -0.05) is 48.9 Å². The number of nitrogens with one attached hydrogen (secondary N) is 5. The van der Waals surface area contributed by atoms with Gasteiger partial charge in [-0.3, -0.25) is 23.9 Å². The predicted molar refractivity (Wildman–Crippen MR) is 171 cm³/mol. The summed E-state index contributed by atoms with van der Waals surface area (Å²) in [4.78, 5) is 57.0. The first-order valence-corrected chi connectivity index (χ1v) is 15.5. The van der Waals surface area contributed by atoms with Gasteiger partial charge in [0.15, 0.2) is 0 Å². The monoisotopic (exact) mass is 648 g/mol. The molecule has 3 heterocycles. The lowest BCUT2D eigenvalue weighted by molar-refractivity contribution is -0.133. The van der Waals surface area contributed by atoms with Gasteiger partial charge in [-0.2, -0.15) is 0 Å². The Balaban J connectivity index is 1.46. The number of aromatic amines is 1. The van der Waals surface area contributed by atoms with E-state index in [0.29, 0.717) is 23.7 Å². The molecule has 0 aliphatic carbocycles.